The van der Waals surface area contributed by atoms with E-state index in [9.17, 15) is 9.90 Å². The van der Waals surface area contributed by atoms with Crippen molar-refractivity contribution in [2.45, 2.75) is 6.42 Å². The molecule has 5 nitrogen and oxygen atoms in total. The van der Waals surface area contributed by atoms with Crippen LogP contribution in [0, 0.1) is 0 Å². The smallest absolute Gasteiger partial charge is 0.223 e. The molecule has 3 aromatic rings. The zero-order valence-corrected chi connectivity index (χ0v) is 12.5. The Kier molecular flexibility index (Phi) is 4.10. The Balaban J connectivity index is 2.01. The number of methoxy groups -OCH3 is 1. The fraction of sp³-hybridized carbons (Fsp3) is 0.111. The predicted octanol–water partition coefficient (Wildman–Crippen LogP) is 2.52. The van der Waals surface area contributed by atoms with Gasteiger partial charge < -0.3 is 19.1 Å². The summed E-state index contributed by atoms with van der Waals surface area (Å²) in [6.45, 7) is 0. The van der Waals surface area contributed by atoms with Crippen LogP contribution in [0.15, 0.2) is 52.9 Å². The summed E-state index contributed by atoms with van der Waals surface area (Å²) in [5, 5.41) is 11.0. The third-order valence-electron chi connectivity index (χ3n) is 3.36. The molecule has 1 aromatic heterocycles. The summed E-state index contributed by atoms with van der Waals surface area (Å²) in [5.74, 6) is -0.177. The van der Waals surface area contributed by atoms with Crippen molar-refractivity contribution in [1.29, 1.82) is 0 Å². The van der Waals surface area contributed by atoms with Crippen LogP contribution in [0.25, 0.3) is 22.7 Å². The number of carboxylic acids is 1. The molecular weight excluding hydrogens is 294 g/mol. The van der Waals surface area contributed by atoms with Gasteiger partial charge in [-0.25, -0.2) is 4.98 Å². The molecule has 2 aromatic carbocycles. The normalized spacial score (nSPS) is 11.6. The monoisotopic (exact) mass is 308 g/mol. The van der Waals surface area contributed by atoms with Crippen LogP contribution in [0.4, 0.5) is 0 Å². The Hall–Kier alpha value is -3.08. The van der Waals surface area contributed by atoms with Crippen molar-refractivity contribution < 1.29 is 19.1 Å². The van der Waals surface area contributed by atoms with Gasteiger partial charge in [0, 0.05) is 18.0 Å². The number of carbonyl (C=O) groups is 1. The van der Waals surface area contributed by atoms with Gasteiger partial charge in [-0.15, -0.1) is 0 Å². The van der Waals surface area contributed by atoms with Crippen molar-refractivity contribution >= 4 is 28.7 Å². The third kappa shape index (κ3) is 3.40. The molecule has 0 radical (unpaired) electrons. The maximum Gasteiger partial charge on any atom is 0.223 e. The molecule has 0 N–H and O–H groups in total. The highest BCUT2D eigenvalue weighted by atomic mass is 16.5. The first-order chi connectivity index (χ1) is 11.2. The molecule has 23 heavy (non-hydrogen) atoms. The lowest BCUT2D eigenvalue weighted by Crippen LogP contribution is -2.22. The van der Waals surface area contributed by atoms with Crippen LogP contribution in [0.5, 0.6) is 5.75 Å². The summed E-state index contributed by atoms with van der Waals surface area (Å²) in [6.07, 6.45) is 1.44. The number of rotatable bonds is 5. The number of hydrogen-bond donors (Lipinski definition) is 0. The van der Waals surface area contributed by atoms with Crippen LogP contribution in [-0.4, -0.2) is 18.1 Å². The van der Waals surface area contributed by atoms with Gasteiger partial charge in [0.25, 0.3) is 0 Å². The number of fused-ring (bicyclic) bond motifs is 1. The van der Waals surface area contributed by atoms with Gasteiger partial charge in [-0.1, -0.05) is 24.3 Å². The van der Waals surface area contributed by atoms with E-state index in [0.717, 1.165) is 11.3 Å². The van der Waals surface area contributed by atoms with Gasteiger partial charge in [0.1, 0.15) is 11.3 Å². The van der Waals surface area contributed by atoms with E-state index < -0.39 is 5.97 Å². The van der Waals surface area contributed by atoms with E-state index >= 15 is 0 Å². The number of aliphatic carboxylic acids is 1. The first-order valence-corrected chi connectivity index (χ1v) is 7.06. The van der Waals surface area contributed by atoms with E-state index in [1.54, 1.807) is 31.4 Å². The second-order valence-electron chi connectivity index (χ2n) is 4.98. The molecule has 0 bridgehead atoms. The molecule has 0 atom stereocenters. The van der Waals surface area contributed by atoms with Gasteiger partial charge in [-0.05, 0) is 35.9 Å². The molecule has 0 saturated carbocycles. The second-order valence-corrected chi connectivity index (χ2v) is 4.98. The summed E-state index contributed by atoms with van der Waals surface area (Å²) >= 11 is 0. The van der Waals surface area contributed by atoms with Crippen molar-refractivity contribution in [3.63, 3.8) is 0 Å². The molecule has 0 saturated heterocycles. The van der Waals surface area contributed by atoms with Crippen LogP contribution in [0.1, 0.15) is 17.9 Å². The number of hydrogen-bond acceptors (Lipinski definition) is 5. The number of para-hydroxylation sites is 2. The van der Waals surface area contributed by atoms with Gasteiger partial charge in [0.15, 0.2) is 5.58 Å². The molecular formula is C18H14NO4-. The highest BCUT2D eigenvalue weighted by Crippen LogP contribution is 2.25. The topological polar surface area (TPSA) is 75.4 Å². The standard InChI is InChI=1S/C18H15NO4/c1-22-14-8-6-12(7-9-14)10-13(11-17(20)21)18-19-15-4-2-3-5-16(15)23-18/h2-10H,11H2,1H3,(H,20,21)/p-1/b13-10+. The lowest BCUT2D eigenvalue weighted by molar-refractivity contribution is -0.304. The zero-order chi connectivity index (χ0) is 16.2. The summed E-state index contributed by atoms with van der Waals surface area (Å²) < 4.78 is 10.8. The molecule has 0 fully saturated rings. The highest BCUT2D eigenvalue weighted by Gasteiger charge is 2.11. The SMILES string of the molecule is COc1ccc(/C=C(\CC(=O)[O-])c2nc3ccccc3o2)cc1. The largest absolute Gasteiger partial charge is 0.550 e. The Morgan fingerprint density at radius 3 is 2.61 bits per heavy atom. The van der Waals surface area contributed by atoms with Crippen LogP contribution >= 0.6 is 0 Å². The fourth-order valence-electron chi connectivity index (χ4n) is 2.25. The van der Waals surface area contributed by atoms with Gasteiger partial charge >= 0.3 is 0 Å². The van der Waals surface area contributed by atoms with E-state index in [1.807, 2.05) is 30.3 Å². The average Bonchev–Trinajstić information content (AvgIpc) is 2.98. The average molecular weight is 308 g/mol. The maximum atomic E-state index is 11.0. The number of aromatic nitrogens is 1. The first kappa shape index (κ1) is 14.8. The first-order valence-electron chi connectivity index (χ1n) is 7.06. The van der Waals surface area contributed by atoms with E-state index in [1.165, 1.54) is 0 Å². The predicted molar refractivity (Wildman–Crippen MR) is 84.5 cm³/mol. The molecule has 0 unspecified atom stereocenters. The minimum absolute atomic E-state index is 0.279. The Morgan fingerprint density at radius 2 is 1.96 bits per heavy atom. The fourth-order valence-corrected chi connectivity index (χ4v) is 2.25. The molecule has 0 aliphatic carbocycles. The van der Waals surface area contributed by atoms with E-state index in [4.69, 9.17) is 9.15 Å². The lowest BCUT2D eigenvalue weighted by Gasteiger charge is -2.05. The number of nitrogens with zero attached hydrogens (tertiary/aromatic N) is 1. The number of carboxylic acid groups (broad SMARTS) is 1. The van der Waals surface area contributed by atoms with Crippen LogP contribution in [-0.2, 0) is 4.79 Å². The Morgan fingerprint density at radius 1 is 1.22 bits per heavy atom. The van der Waals surface area contributed by atoms with Crippen molar-refractivity contribution in [2.75, 3.05) is 7.11 Å². The number of ether oxygens (including phenoxy) is 1. The number of oxazole rings is 1. The van der Waals surface area contributed by atoms with Crippen molar-refractivity contribution in [3.8, 4) is 5.75 Å². The van der Waals surface area contributed by atoms with Gasteiger partial charge in [-0.2, -0.15) is 0 Å². The highest BCUT2D eigenvalue weighted by molar-refractivity contribution is 5.90. The van der Waals surface area contributed by atoms with Crippen LogP contribution in [0.2, 0.25) is 0 Å². The molecule has 1 heterocycles. The van der Waals surface area contributed by atoms with E-state index in [0.29, 0.717) is 16.7 Å². The Bertz CT molecular complexity index is 829. The maximum absolute atomic E-state index is 11.0. The Labute approximate surface area is 132 Å². The van der Waals surface area contributed by atoms with Crippen molar-refractivity contribution in [1.82, 2.24) is 4.98 Å². The molecule has 116 valence electrons. The van der Waals surface area contributed by atoms with Crippen molar-refractivity contribution in [2.24, 2.45) is 0 Å². The summed E-state index contributed by atoms with van der Waals surface area (Å²) in [7, 11) is 1.59. The minimum Gasteiger partial charge on any atom is -0.550 e. The molecule has 5 heteroatoms. The van der Waals surface area contributed by atoms with Crippen molar-refractivity contribution in [3.05, 3.63) is 60.0 Å². The van der Waals surface area contributed by atoms with E-state index in [2.05, 4.69) is 4.98 Å². The van der Waals surface area contributed by atoms with Gasteiger partial charge in [0.05, 0.1) is 7.11 Å². The van der Waals surface area contributed by atoms with E-state index in [-0.39, 0.29) is 12.3 Å². The van der Waals surface area contributed by atoms with Gasteiger partial charge in [-0.3, -0.25) is 0 Å². The number of carbonyl (C=O) groups excluding carboxylic acids is 1. The molecule has 0 amide bonds. The second kappa shape index (κ2) is 6.36. The summed E-state index contributed by atoms with van der Waals surface area (Å²) in [6, 6.07) is 14.5. The minimum atomic E-state index is -1.19. The molecule has 3 rings (SSSR count). The van der Waals surface area contributed by atoms with Crippen LogP contribution in [0.3, 0.4) is 0 Å². The summed E-state index contributed by atoms with van der Waals surface area (Å²) in [4.78, 5) is 15.4. The lowest BCUT2D eigenvalue weighted by atomic mass is 10.1. The summed E-state index contributed by atoms with van der Waals surface area (Å²) in [5.41, 5.74) is 2.57. The molecule has 0 aliphatic rings. The van der Waals surface area contributed by atoms with Gasteiger partial charge in [0.2, 0.25) is 5.89 Å². The zero-order valence-electron chi connectivity index (χ0n) is 12.5. The number of benzene rings is 2. The third-order valence-corrected chi connectivity index (χ3v) is 3.36. The quantitative estimate of drug-likeness (QED) is 0.724. The molecule has 0 aliphatic heterocycles. The van der Waals surface area contributed by atoms with Crippen LogP contribution < -0.4 is 9.84 Å². The molecule has 0 spiro atoms.